The Bertz CT molecular complexity index is 567. The number of hydrogen-bond acceptors (Lipinski definition) is 3. The van der Waals surface area contributed by atoms with Crippen LogP contribution >= 0.6 is 0 Å². The van der Waals surface area contributed by atoms with Gasteiger partial charge in [-0.3, -0.25) is 9.59 Å². The number of carbonyl (C=O) groups excluding carboxylic acids is 1. The molecule has 0 aromatic heterocycles. The molecule has 1 fully saturated rings. The number of nitrogens with zero attached hydrogens (tertiary/aromatic N) is 1. The van der Waals surface area contributed by atoms with Crippen molar-refractivity contribution in [1.82, 2.24) is 4.90 Å². The lowest BCUT2D eigenvalue weighted by atomic mass is 9.95. The third kappa shape index (κ3) is 5.34. The number of rotatable bonds is 5. The van der Waals surface area contributed by atoms with Crippen LogP contribution in [0.1, 0.15) is 39.2 Å². The van der Waals surface area contributed by atoms with E-state index in [1.165, 1.54) is 5.56 Å². The zero-order chi connectivity index (χ0) is 17.7. The highest BCUT2D eigenvalue weighted by Crippen LogP contribution is 2.19. The molecule has 1 aromatic rings. The monoisotopic (exact) mass is 332 g/mol. The van der Waals surface area contributed by atoms with Crippen molar-refractivity contribution in [2.45, 2.75) is 40.0 Å². The summed E-state index contributed by atoms with van der Waals surface area (Å²) in [6, 6.07) is 7.97. The smallest absolute Gasteiger partial charge is 0.306 e. The summed E-state index contributed by atoms with van der Waals surface area (Å²) in [5.74, 6) is -0.828. The van der Waals surface area contributed by atoms with Gasteiger partial charge in [0.25, 0.3) is 0 Å². The van der Waals surface area contributed by atoms with E-state index >= 15 is 0 Å². The molecule has 0 saturated carbocycles. The zero-order valence-corrected chi connectivity index (χ0v) is 14.8. The van der Waals surface area contributed by atoms with Crippen LogP contribution in [0.5, 0.6) is 0 Å². The molecule has 1 aliphatic rings. The summed E-state index contributed by atoms with van der Waals surface area (Å²) in [5, 5.41) is 11.9. The van der Waals surface area contributed by atoms with E-state index in [0.717, 1.165) is 44.6 Å². The predicted octanol–water partition coefficient (Wildman–Crippen LogP) is 3.01. The van der Waals surface area contributed by atoms with Crippen molar-refractivity contribution in [2.75, 3.05) is 25.0 Å². The predicted molar refractivity (Wildman–Crippen MR) is 95.0 cm³/mol. The lowest BCUT2D eigenvalue weighted by Gasteiger charge is -2.29. The number of aliphatic carboxylic acids is 1. The van der Waals surface area contributed by atoms with Crippen LogP contribution in [-0.2, 0) is 16.0 Å². The van der Waals surface area contributed by atoms with Gasteiger partial charge in [0.05, 0.1) is 5.92 Å². The summed E-state index contributed by atoms with van der Waals surface area (Å²) in [5.41, 5.74) is 1.64. The molecule has 24 heavy (non-hydrogen) atoms. The van der Waals surface area contributed by atoms with Gasteiger partial charge in [-0.2, -0.15) is 0 Å². The van der Waals surface area contributed by atoms with Crippen LogP contribution in [0.2, 0.25) is 0 Å². The first-order valence-corrected chi connectivity index (χ1v) is 8.61. The van der Waals surface area contributed by atoms with Gasteiger partial charge in [0.15, 0.2) is 0 Å². The highest BCUT2D eigenvalue weighted by atomic mass is 16.4. The van der Waals surface area contributed by atoms with Crippen LogP contribution in [0.25, 0.3) is 0 Å². The Hall–Kier alpha value is -1.88. The van der Waals surface area contributed by atoms with Gasteiger partial charge in [-0.05, 0) is 50.0 Å². The summed E-state index contributed by atoms with van der Waals surface area (Å²) in [6.07, 6.45) is 2.42. The van der Waals surface area contributed by atoms with Crippen LogP contribution in [0.4, 0.5) is 5.69 Å². The van der Waals surface area contributed by atoms with Crippen molar-refractivity contribution in [1.29, 1.82) is 0 Å². The second-order valence-corrected chi connectivity index (χ2v) is 7.61. The molecule has 2 N–H and O–H groups in total. The molecule has 1 amide bonds. The van der Waals surface area contributed by atoms with Crippen molar-refractivity contribution < 1.29 is 14.7 Å². The molecule has 0 atom stereocenters. The lowest BCUT2D eigenvalue weighted by Crippen LogP contribution is -2.37. The Morgan fingerprint density at radius 3 is 2.25 bits per heavy atom. The van der Waals surface area contributed by atoms with Gasteiger partial charge in [-0.15, -0.1) is 0 Å². The number of nitrogens with one attached hydrogen (secondary N) is 1. The summed E-state index contributed by atoms with van der Waals surface area (Å²) in [4.78, 5) is 25.3. The fourth-order valence-electron chi connectivity index (χ4n) is 2.76. The zero-order valence-electron chi connectivity index (χ0n) is 14.8. The maximum atomic E-state index is 12.0. The quantitative estimate of drug-likeness (QED) is 0.869. The van der Waals surface area contributed by atoms with E-state index in [9.17, 15) is 9.59 Å². The molecule has 0 unspecified atom stereocenters. The number of carboxylic acid groups (broad SMARTS) is 1. The van der Waals surface area contributed by atoms with E-state index in [1.807, 2.05) is 45.0 Å². The third-order valence-electron chi connectivity index (χ3n) is 4.55. The van der Waals surface area contributed by atoms with Crippen molar-refractivity contribution in [3.05, 3.63) is 29.8 Å². The summed E-state index contributed by atoms with van der Waals surface area (Å²) < 4.78 is 0. The highest BCUT2D eigenvalue weighted by Gasteiger charge is 2.24. The Balaban J connectivity index is 1.78. The van der Waals surface area contributed by atoms with Crippen LogP contribution in [-0.4, -0.2) is 41.5 Å². The minimum atomic E-state index is -0.664. The minimum Gasteiger partial charge on any atom is -0.481 e. The number of carboxylic acids is 1. The fraction of sp³-hybridized carbons (Fsp3) is 0.579. The number of benzene rings is 1. The molecular weight excluding hydrogens is 304 g/mol. The Morgan fingerprint density at radius 1 is 1.17 bits per heavy atom. The summed E-state index contributed by atoms with van der Waals surface area (Å²) >= 11 is 0. The molecule has 0 radical (unpaired) electrons. The first-order chi connectivity index (χ1) is 11.3. The number of hydrogen-bond donors (Lipinski definition) is 2. The van der Waals surface area contributed by atoms with Gasteiger partial charge < -0.3 is 15.3 Å². The molecule has 1 saturated heterocycles. The average Bonchev–Trinajstić information content (AvgIpc) is 2.53. The van der Waals surface area contributed by atoms with Gasteiger partial charge in [-0.25, -0.2) is 0 Å². The lowest BCUT2D eigenvalue weighted by molar-refractivity contribution is -0.143. The standard InChI is InChI=1S/C19H28N2O3/c1-19(2,3)18(24)20-16-6-4-14(5-7-16)8-11-21-12-9-15(10-13-21)17(22)23/h4-7,15H,8-13H2,1-3H3,(H,20,24)(H,22,23). The first-order valence-electron chi connectivity index (χ1n) is 8.61. The number of anilines is 1. The van der Waals surface area contributed by atoms with Crippen molar-refractivity contribution >= 4 is 17.6 Å². The number of likely N-dealkylation sites (tertiary alicyclic amines) is 1. The molecule has 2 rings (SSSR count). The molecule has 132 valence electrons. The molecule has 1 aliphatic heterocycles. The molecule has 0 aliphatic carbocycles. The van der Waals surface area contributed by atoms with Crippen molar-refractivity contribution in [3.63, 3.8) is 0 Å². The van der Waals surface area contributed by atoms with E-state index in [1.54, 1.807) is 0 Å². The number of amides is 1. The molecule has 1 heterocycles. The van der Waals surface area contributed by atoms with Gasteiger partial charge >= 0.3 is 5.97 Å². The van der Waals surface area contributed by atoms with Crippen LogP contribution < -0.4 is 5.32 Å². The topological polar surface area (TPSA) is 69.6 Å². The fourth-order valence-corrected chi connectivity index (χ4v) is 2.76. The third-order valence-corrected chi connectivity index (χ3v) is 4.55. The van der Waals surface area contributed by atoms with E-state index in [0.29, 0.717) is 0 Å². The Labute approximate surface area is 144 Å². The first kappa shape index (κ1) is 18.5. The average molecular weight is 332 g/mol. The highest BCUT2D eigenvalue weighted by molar-refractivity contribution is 5.94. The molecule has 0 spiro atoms. The second-order valence-electron chi connectivity index (χ2n) is 7.61. The summed E-state index contributed by atoms with van der Waals surface area (Å²) in [7, 11) is 0. The van der Waals surface area contributed by atoms with Crippen molar-refractivity contribution in [3.8, 4) is 0 Å². The van der Waals surface area contributed by atoms with Gasteiger partial charge in [-0.1, -0.05) is 32.9 Å². The number of carbonyl (C=O) groups is 2. The van der Waals surface area contributed by atoms with Gasteiger partial charge in [0.1, 0.15) is 0 Å². The minimum absolute atomic E-state index is 0.0107. The normalized spacial score (nSPS) is 16.8. The maximum absolute atomic E-state index is 12.0. The van der Waals surface area contributed by atoms with E-state index in [4.69, 9.17) is 5.11 Å². The Morgan fingerprint density at radius 2 is 1.75 bits per heavy atom. The number of piperidine rings is 1. The molecule has 5 heteroatoms. The van der Waals surface area contributed by atoms with Gasteiger partial charge in [0.2, 0.25) is 5.91 Å². The molecule has 1 aromatic carbocycles. The largest absolute Gasteiger partial charge is 0.481 e. The van der Waals surface area contributed by atoms with E-state index in [-0.39, 0.29) is 11.8 Å². The van der Waals surface area contributed by atoms with Crippen LogP contribution in [0.3, 0.4) is 0 Å². The maximum Gasteiger partial charge on any atom is 0.306 e. The van der Waals surface area contributed by atoms with E-state index in [2.05, 4.69) is 10.2 Å². The molecule has 0 bridgehead atoms. The SMILES string of the molecule is CC(C)(C)C(=O)Nc1ccc(CCN2CCC(C(=O)O)CC2)cc1. The van der Waals surface area contributed by atoms with E-state index < -0.39 is 11.4 Å². The summed E-state index contributed by atoms with van der Waals surface area (Å²) in [6.45, 7) is 8.34. The second kappa shape index (κ2) is 7.79. The van der Waals surface area contributed by atoms with Crippen LogP contribution in [0.15, 0.2) is 24.3 Å². The van der Waals surface area contributed by atoms with Crippen LogP contribution in [0, 0.1) is 11.3 Å². The van der Waals surface area contributed by atoms with Crippen molar-refractivity contribution in [2.24, 2.45) is 11.3 Å². The molecule has 5 nitrogen and oxygen atoms in total. The van der Waals surface area contributed by atoms with Gasteiger partial charge in [0, 0.05) is 17.6 Å². The molecular formula is C19H28N2O3. The Kier molecular flexibility index (Phi) is 5.99.